The van der Waals surface area contributed by atoms with E-state index in [1.165, 1.54) is 21.1 Å². The van der Waals surface area contributed by atoms with Gasteiger partial charge in [-0.3, -0.25) is 29.0 Å². The van der Waals surface area contributed by atoms with Gasteiger partial charge in [-0.1, -0.05) is 66.7 Å². The number of phenols is 1. The number of thiazole rings is 2. The molecule has 59 heavy (non-hydrogen) atoms. The van der Waals surface area contributed by atoms with Crippen molar-refractivity contribution in [2.45, 2.75) is 0 Å². The first kappa shape index (κ1) is 38.2. The van der Waals surface area contributed by atoms with E-state index in [1.54, 1.807) is 35.6 Å². The van der Waals surface area contributed by atoms with Crippen LogP contribution in [-0.2, 0) is 0 Å². The van der Waals surface area contributed by atoms with E-state index in [0.717, 1.165) is 41.6 Å². The van der Waals surface area contributed by atoms with Gasteiger partial charge in [0.25, 0.3) is 23.6 Å². The smallest absolute Gasteiger partial charge is 0.261 e. The van der Waals surface area contributed by atoms with Gasteiger partial charge in [0.05, 0.1) is 37.1 Å². The van der Waals surface area contributed by atoms with E-state index in [0.29, 0.717) is 69.9 Å². The Kier molecular flexibility index (Phi) is 9.76. The van der Waals surface area contributed by atoms with Gasteiger partial charge in [0.2, 0.25) is 0 Å². The second-order valence-corrected chi connectivity index (χ2v) is 17.1. The minimum Gasteiger partial charge on any atom is -0.507 e. The summed E-state index contributed by atoms with van der Waals surface area (Å²) in [6.45, 7) is 1.92. The van der Waals surface area contributed by atoms with Crippen molar-refractivity contribution in [1.82, 2.24) is 29.6 Å². The summed E-state index contributed by atoms with van der Waals surface area (Å²) in [7, 11) is 7.68. The van der Waals surface area contributed by atoms with Gasteiger partial charge < -0.3 is 14.9 Å². The average Bonchev–Trinajstić information content (AvgIpc) is 3.87. The number of fused-ring (bicyclic) bond motifs is 4. The monoisotopic (exact) mass is 818 g/mol. The first-order chi connectivity index (χ1) is 28.5. The molecule has 0 atom stereocenters. The lowest BCUT2D eigenvalue weighted by atomic mass is 9.93. The predicted octanol–water partition coefficient (Wildman–Crippen LogP) is 8.25. The van der Waals surface area contributed by atoms with Gasteiger partial charge in [-0.05, 0) is 64.6 Å². The molecule has 0 fully saturated rings. The standard InChI is InChI=1S/C23H19N3O3S.C23H19N3O2S/c1-25(2)10-11-26-22(28)15-8-5-7-14-19(15)16(23(26)29)12-17-20(14)30-21(24-17)13-6-3-4-9-18(13)27;1-25(2)11-12-26-22(27)16-10-6-9-15-19(16)17(23(26)28)13-18-20(15)29-21(24-18)14-7-4-3-5-8-14/h3-9,12,27H,10-11H2,1-2H3;3-10,13H,11-12H2,1-2H3. The molecule has 0 bridgehead atoms. The number of amides is 4. The quantitative estimate of drug-likeness (QED) is 0.151. The van der Waals surface area contributed by atoms with Crippen molar-refractivity contribution in [1.29, 1.82) is 0 Å². The summed E-state index contributed by atoms with van der Waals surface area (Å²) in [5.74, 6) is -0.847. The second kappa shape index (κ2) is 15.1. The fourth-order valence-corrected chi connectivity index (χ4v) is 9.86. The number of aromatic hydroxyl groups is 1. The zero-order chi connectivity index (χ0) is 41.1. The second-order valence-electron chi connectivity index (χ2n) is 15.1. The largest absolute Gasteiger partial charge is 0.507 e. The lowest BCUT2D eigenvalue weighted by Crippen LogP contribution is -2.43. The molecule has 10 rings (SSSR count). The number of nitrogens with zero attached hydrogens (tertiary/aromatic N) is 6. The zero-order valence-electron chi connectivity index (χ0n) is 32.7. The topological polar surface area (TPSA) is 127 Å². The molecule has 0 aliphatic carbocycles. The number of phenolic OH excluding ortho intramolecular Hbond substituents is 1. The number of benzene rings is 6. The molecule has 11 nitrogen and oxygen atoms in total. The van der Waals surface area contributed by atoms with Crippen LogP contribution in [0.15, 0.2) is 103 Å². The van der Waals surface area contributed by atoms with Crippen molar-refractivity contribution >= 4 is 88.3 Å². The molecule has 4 heterocycles. The maximum Gasteiger partial charge on any atom is 0.261 e. The van der Waals surface area contributed by atoms with Crippen molar-refractivity contribution < 1.29 is 24.3 Å². The fraction of sp³-hybridized carbons (Fsp3) is 0.174. The highest BCUT2D eigenvalue weighted by Crippen LogP contribution is 2.43. The molecule has 294 valence electrons. The zero-order valence-corrected chi connectivity index (χ0v) is 34.4. The van der Waals surface area contributed by atoms with Crippen LogP contribution >= 0.6 is 22.7 Å². The van der Waals surface area contributed by atoms with Gasteiger partial charge in [-0.15, -0.1) is 22.7 Å². The van der Waals surface area contributed by atoms with Gasteiger partial charge in [-0.2, -0.15) is 0 Å². The number of imide groups is 2. The minimum atomic E-state index is -0.287. The van der Waals surface area contributed by atoms with Crippen LogP contribution in [0.5, 0.6) is 5.75 Å². The van der Waals surface area contributed by atoms with Crippen LogP contribution in [0.1, 0.15) is 41.4 Å². The SMILES string of the molecule is CN(C)CCN1C(=O)c2cccc3c2c(cc2nc(-c4ccccc4)sc23)C1=O.CN(C)CCN1C(=O)c2cccc3c2c(cc2nc(-c4ccccc4O)sc23)C1=O. The maximum absolute atomic E-state index is 13.2. The van der Waals surface area contributed by atoms with Crippen LogP contribution < -0.4 is 0 Å². The molecule has 13 heteroatoms. The fourth-order valence-electron chi connectivity index (χ4n) is 7.67. The lowest BCUT2D eigenvalue weighted by molar-refractivity contribution is 0.0585. The van der Waals surface area contributed by atoms with Crippen LogP contribution in [0, 0.1) is 0 Å². The summed E-state index contributed by atoms with van der Waals surface area (Å²) in [6.07, 6.45) is 0. The molecule has 8 aromatic rings. The third kappa shape index (κ3) is 6.61. The van der Waals surface area contributed by atoms with Gasteiger partial charge in [-0.25, -0.2) is 9.97 Å². The molecule has 2 aromatic heterocycles. The summed E-state index contributed by atoms with van der Waals surface area (Å²) in [5.41, 5.74) is 5.37. The Morgan fingerprint density at radius 2 is 0.966 bits per heavy atom. The molecule has 6 aromatic carbocycles. The van der Waals surface area contributed by atoms with E-state index in [9.17, 15) is 24.3 Å². The molecule has 4 amide bonds. The summed E-state index contributed by atoms with van der Waals surface area (Å²) >= 11 is 3.04. The lowest BCUT2D eigenvalue weighted by Gasteiger charge is -2.28. The predicted molar refractivity (Wildman–Crippen MR) is 235 cm³/mol. The van der Waals surface area contributed by atoms with E-state index >= 15 is 0 Å². The van der Waals surface area contributed by atoms with Crippen molar-refractivity contribution in [2.75, 3.05) is 54.4 Å². The van der Waals surface area contributed by atoms with Crippen LogP contribution in [0.3, 0.4) is 0 Å². The van der Waals surface area contributed by atoms with E-state index in [4.69, 9.17) is 9.97 Å². The molecule has 2 aliphatic rings. The molecule has 1 N–H and O–H groups in total. The number of rotatable bonds is 8. The maximum atomic E-state index is 13.2. The number of hydrogen-bond acceptors (Lipinski definition) is 11. The molecule has 0 saturated carbocycles. The number of carbonyl (C=O) groups is 4. The highest BCUT2D eigenvalue weighted by molar-refractivity contribution is 7.23. The van der Waals surface area contributed by atoms with Gasteiger partial charge >= 0.3 is 0 Å². The van der Waals surface area contributed by atoms with Crippen molar-refractivity contribution in [3.05, 3.63) is 125 Å². The Morgan fingerprint density at radius 1 is 0.525 bits per heavy atom. The molecule has 0 unspecified atom stereocenters. The Balaban J connectivity index is 0.000000152. The van der Waals surface area contributed by atoms with Gasteiger partial charge in [0.1, 0.15) is 15.8 Å². The Labute approximate surface area is 347 Å². The van der Waals surface area contributed by atoms with Crippen molar-refractivity contribution in [3.8, 4) is 26.9 Å². The molecule has 2 aliphatic heterocycles. The number of hydrogen-bond donors (Lipinski definition) is 1. The number of para-hydroxylation sites is 1. The van der Waals surface area contributed by atoms with Crippen LogP contribution in [0.25, 0.3) is 63.1 Å². The number of carbonyl (C=O) groups excluding carboxylic acids is 4. The summed E-state index contributed by atoms with van der Waals surface area (Å²) in [6, 6.07) is 31.9. The molecule has 0 radical (unpaired) electrons. The Morgan fingerprint density at radius 3 is 1.47 bits per heavy atom. The Hall–Kier alpha value is -6.38. The third-order valence-electron chi connectivity index (χ3n) is 10.6. The number of aromatic nitrogens is 2. The number of likely N-dealkylation sites (N-methyl/N-ethyl adjacent to an activating group) is 2. The van der Waals surface area contributed by atoms with Crippen molar-refractivity contribution in [3.63, 3.8) is 0 Å². The first-order valence-electron chi connectivity index (χ1n) is 19.1. The van der Waals surface area contributed by atoms with Crippen LogP contribution in [0.2, 0.25) is 0 Å². The van der Waals surface area contributed by atoms with E-state index in [2.05, 4.69) is 0 Å². The van der Waals surface area contributed by atoms with Crippen LogP contribution in [0.4, 0.5) is 0 Å². The first-order valence-corrected chi connectivity index (χ1v) is 20.7. The van der Waals surface area contributed by atoms with Crippen molar-refractivity contribution in [2.24, 2.45) is 0 Å². The third-order valence-corrected chi connectivity index (χ3v) is 12.9. The molecular formula is C46H38N6O5S2. The minimum absolute atomic E-state index is 0.159. The van der Waals surface area contributed by atoms with Gasteiger partial charge in [0.15, 0.2) is 0 Å². The summed E-state index contributed by atoms with van der Waals surface area (Å²) in [5, 5.41) is 15.0. The highest BCUT2D eigenvalue weighted by Gasteiger charge is 2.35. The van der Waals surface area contributed by atoms with E-state index in [-0.39, 0.29) is 29.4 Å². The van der Waals surface area contributed by atoms with Gasteiger partial charge in [0, 0.05) is 64.4 Å². The molecule has 0 spiro atoms. The average molecular weight is 819 g/mol. The summed E-state index contributed by atoms with van der Waals surface area (Å²) in [4.78, 5) is 68.7. The normalized spacial score (nSPS) is 13.8. The molecule has 0 saturated heterocycles. The molecular weight excluding hydrogens is 781 g/mol. The van der Waals surface area contributed by atoms with E-state index in [1.807, 2.05) is 117 Å². The Bertz CT molecular complexity index is 3030. The van der Waals surface area contributed by atoms with E-state index < -0.39 is 0 Å². The van der Waals surface area contributed by atoms with Crippen LogP contribution in [-0.4, -0.2) is 113 Å². The highest BCUT2D eigenvalue weighted by atomic mass is 32.1. The summed E-state index contributed by atoms with van der Waals surface area (Å²) < 4.78 is 1.91.